The molecule has 0 saturated heterocycles. The molecule has 0 spiro atoms. The van der Waals surface area contributed by atoms with Gasteiger partial charge in [-0.3, -0.25) is 0 Å². The summed E-state index contributed by atoms with van der Waals surface area (Å²) in [5, 5.41) is 12.2. The molecular weight excluding hydrogens is 218 g/mol. The molecular formula is C13H17NO3. The Morgan fingerprint density at radius 3 is 2.24 bits per heavy atom. The lowest BCUT2D eigenvalue weighted by Gasteiger charge is -2.08. The maximum atomic E-state index is 11.4. The zero-order valence-corrected chi connectivity index (χ0v) is 10.3. The second kappa shape index (κ2) is 6.03. The number of carbonyl (C=O) groups excluding carboxylic acids is 1. The van der Waals surface area contributed by atoms with Crippen molar-refractivity contribution in [3.05, 3.63) is 35.4 Å². The van der Waals surface area contributed by atoms with Gasteiger partial charge in [-0.2, -0.15) is 0 Å². The van der Waals surface area contributed by atoms with Gasteiger partial charge in [0.1, 0.15) is 0 Å². The minimum atomic E-state index is -0.342. The number of rotatable bonds is 4. The van der Waals surface area contributed by atoms with Crippen LogP contribution < -0.4 is 0 Å². The highest BCUT2D eigenvalue weighted by Crippen LogP contribution is 2.12. The minimum Gasteiger partial charge on any atom is -0.462 e. The second-order valence-corrected chi connectivity index (χ2v) is 3.94. The van der Waals surface area contributed by atoms with Gasteiger partial charge in [-0.05, 0) is 30.5 Å². The first-order valence-electron chi connectivity index (χ1n) is 5.59. The molecule has 0 amide bonds. The largest absolute Gasteiger partial charge is 0.462 e. The molecule has 0 aliphatic carbocycles. The molecule has 0 unspecified atom stereocenters. The maximum Gasteiger partial charge on any atom is 0.338 e. The van der Waals surface area contributed by atoms with Gasteiger partial charge in [0.15, 0.2) is 0 Å². The van der Waals surface area contributed by atoms with Crippen molar-refractivity contribution in [1.82, 2.24) is 0 Å². The second-order valence-electron chi connectivity index (χ2n) is 3.94. The van der Waals surface area contributed by atoms with Gasteiger partial charge >= 0.3 is 5.97 Å². The molecule has 0 saturated carbocycles. The van der Waals surface area contributed by atoms with Crippen LogP contribution in [0.5, 0.6) is 0 Å². The quantitative estimate of drug-likeness (QED) is 0.378. The third kappa shape index (κ3) is 3.31. The zero-order valence-electron chi connectivity index (χ0n) is 10.3. The molecule has 17 heavy (non-hydrogen) atoms. The van der Waals surface area contributed by atoms with E-state index in [-0.39, 0.29) is 11.9 Å². The summed E-state index contributed by atoms with van der Waals surface area (Å²) in [6.45, 7) is 6.00. The molecule has 0 radical (unpaired) electrons. The molecule has 0 fully saturated rings. The Kier molecular flexibility index (Phi) is 4.69. The lowest BCUT2D eigenvalue weighted by molar-refractivity contribution is 0.0526. The van der Waals surface area contributed by atoms with Gasteiger partial charge in [0, 0.05) is 0 Å². The molecule has 1 aromatic rings. The van der Waals surface area contributed by atoms with Crippen LogP contribution in [-0.4, -0.2) is 23.5 Å². The van der Waals surface area contributed by atoms with E-state index < -0.39 is 0 Å². The molecule has 0 atom stereocenters. The molecule has 0 aliphatic rings. The van der Waals surface area contributed by atoms with Crippen LogP contribution in [0.4, 0.5) is 0 Å². The minimum absolute atomic E-state index is 0.119. The van der Waals surface area contributed by atoms with E-state index in [0.717, 1.165) is 5.56 Å². The summed E-state index contributed by atoms with van der Waals surface area (Å²) in [5.74, 6) is -0.223. The Morgan fingerprint density at radius 1 is 1.29 bits per heavy atom. The van der Waals surface area contributed by atoms with Crippen molar-refractivity contribution < 1.29 is 14.7 Å². The third-order valence-corrected chi connectivity index (χ3v) is 2.35. The van der Waals surface area contributed by atoms with Crippen LogP contribution >= 0.6 is 0 Å². The average Bonchev–Trinajstić information content (AvgIpc) is 2.30. The van der Waals surface area contributed by atoms with Gasteiger partial charge in [-0.1, -0.05) is 31.1 Å². The summed E-state index contributed by atoms with van der Waals surface area (Å²) < 4.78 is 4.88. The van der Waals surface area contributed by atoms with Crippen molar-refractivity contribution >= 4 is 11.7 Å². The molecule has 0 aliphatic heterocycles. The van der Waals surface area contributed by atoms with Crippen LogP contribution in [0, 0.1) is 5.92 Å². The van der Waals surface area contributed by atoms with E-state index in [2.05, 4.69) is 5.16 Å². The highest BCUT2D eigenvalue weighted by Gasteiger charge is 2.11. The fourth-order valence-corrected chi connectivity index (χ4v) is 1.50. The molecule has 0 heterocycles. The first-order chi connectivity index (χ1) is 8.10. The van der Waals surface area contributed by atoms with Crippen molar-refractivity contribution in [2.45, 2.75) is 20.8 Å². The SMILES string of the molecule is CCOC(=O)c1ccc(/C(=N\O)C(C)C)cc1. The predicted molar refractivity (Wildman–Crippen MR) is 65.6 cm³/mol. The summed E-state index contributed by atoms with van der Waals surface area (Å²) in [5.41, 5.74) is 1.90. The summed E-state index contributed by atoms with van der Waals surface area (Å²) in [7, 11) is 0. The first kappa shape index (κ1) is 13.2. The average molecular weight is 235 g/mol. The van der Waals surface area contributed by atoms with Gasteiger partial charge < -0.3 is 9.94 Å². The molecule has 0 aromatic heterocycles. The monoisotopic (exact) mass is 235 g/mol. The smallest absolute Gasteiger partial charge is 0.338 e. The Morgan fingerprint density at radius 2 is 1.82 bits per heavy atom. The van der Waals surface area contributed by atoms with E-state index in [9.17, 15) is 4.79 Å². The van der Waals surface area contributed by atoms with E-state index in [1.54, 1.807) is 31.2 Å². The van der Waals surface area contributed by atoms with Gasteiger partial charge in [0.05, 0.1) is 17.9 Å². The molecule has 1 N–H and O–H groups in total. The first-order valence-corrected chi connectivity index (χ1v) is 5.59. The summed E-state index contributed by atoms with van der Waals surface area (Å²) in [4.78, 5) is 11.4. The molecule has 4 heteroatoms. The van der Waals surface area contributed by atoms with E-state index in [1.807, 2.05) is 13.8 Å². The fraction of sp³-hybridized carbons (Fsp3) is 0.385. The Labute approximate surface area is 101 Å². The van der Waals surface area contributed by atoms with Gasteiger partial charge in [0.25, 0.3) is 0 Å². The molecule has 1 aromatic carbocycles. The fourth-order valence-electron chi connectivity index (χ4n) is 1.50. The normalized spacial score (nSPS) is 11.6. The lowest BCUT2D eigenvalue weighted by Crippen LogP contribution is -2.10. The van der Waals surface area contributed by atoms with Crippen LogP contribution in [0.3, 0.4) is 0 Å². The predicted octanol–water partition coefficient (Wildman–Crippen LogP) is 2.70. The van der Waals surface area contributed by atoms with Crippen molar-refractivity contribution in [3.8, 4) is 0 Å². The summed E-state index contributed by atoms with van der Waals surface area (Å²) >= 11 is 0. The van der Waals surface area contributed by atoms with Gasteiger partial charge in [0.2, 0.25) is 0 Å². The number of ether oxygens (including phenoxy) is 1. The van der Waals surface area contributed by atoms with E-state index in [4.69, 9.17) is 9.94 Å². The lowest BCUT2D eigenvalue weighted by atomic mass is 9.99. The highest BCUT2D eigenvalue weighted by atomic mass is 16.5. The van der Waals surface area contributed by atoms with Crippen molar-refractivity contribution in [2.75, 3.05) is 6.61 Å². The number of esters is 1. The van der Waals surface area contributed by atoms with Crippen LogP contribution in [0.2, 0.25) is 0 Å². The van der Waals surface area contributed by atoms with Crippen LogP contribution in [0.15, 0.2) is 29.4 Å². The van der Waals surface area contributed by atoms with E-state index in [1.165, 1.54) is 0 Å². The Hall–Kier alpha value is -1.84. The topological polar surface area (TPSA) is 58.9 Å². The zero-order chi connectivity index (χ0) is 12.8. The number of carbonyl (C=O) groups is 1. The van der Waals surface area contributed by atoms with Crippen molar-refractivity contribution in [1.29, 1.82) is 0 Å². The Balaban J connectivity index is 2.91. The number of oxime groups is 1. The van der Waals surface area contributed by atoms with Gasteiger partial charge in [-0.15, -0.1) is 0 Å². The number of hydrogen-bond acceptors (Lipinski definition) is 4. The molecule has 92 valence electrons. The molecule has 4 nitrogen and oxygen atoms in total. The number of benzene rings is 1. The van der Waals surface area contributed by atoms with E-state index >= 15 is 0 Å². The molecule has 1 rings (SSSR count). The van der Waals surface area contributed by atoms with Crippen LogP contribution in [-0.2, 0) is 4.74 Å². The third-order valence-electron chi connectivity index (χ3n) is 2.35. The van der Waals surface area contributed by atoms with Crippen molar-refractivity contribution in [2.24, 2.45) is 11.1 Å². The standard InChI is InChI=1S/C13H17NO3/c1-4-17-13(15)11-7-5-10(6-8-11)12(14-16)9(2)3/h5-9,16H,4H2,1-3H3/b14-12-. The van der Waals surface area contributed by atoms with E-state index in [0.29, 0.717) is 17.9 Å². The molecule has 0 bridgehead atoms. The van der Waals surface area contributed by atoms with Crippen molar-refractivity contribution in [3.63, 3.8) is 0 Å². The van der Waals surface area contributed by atoms with Crippen LogP contribution in [0.1, 0.15) is 36.7 Å². The Bertz CT molecular complexity index is 407. The highest BCUT2D eigenvalue weighted by molar-refractivity contribution is 6.02. The maximum absolute atomic E-state index is 11.4. The number of nitrogens with zero attached hydrogens (tertiary/aromatic N) is 1. The van der Waals surface area contributed by atoms with Gasteiger partial charge in [-0.25, -0.2) is 4.79 Å². The summed E-state index contributed by atoms with van der Waals surface area (Å²) in [6, 6.07) is 6.84. The van der Waals surface area contributed by atoms with Crippen LogP contribution in [0.25, 0.3) is 0 Å². The number of hydrogen-bond donors (Lipinski definition) is 1. The summed E-state index contributed by atoms with van der Waals surface area (Å²) in [6.07, 6.45) is 0.